The molecule has 0 aliphatic carbocycles. The fourth-order valence-electron chi connectivity index (χ4n) is 2.20. The first kappa shape index (κ1) is 15.5. The van der Waals surface area contributed by atoms with Crippen LogP contribution in [0.5, 0.6) is 5.75 Å². The van der Waals surface area contributed by atoms with E-state index in [9.17, 15) is 13.6 Å². The first-order valence-corrected chi connectivity index (χ1v) is 7.81. The van der Waals surface area contributed by atoms with Crippen molar-refractivity contribution in [3.63, 3.8) is 0 Å². The average Bonchev–Trinajstić information content (AvgIpc) is 3.03. The highest BCUT2D eigenvalue weighted by molar-refractivity contribution is 7.99. The Morgan fingerprint density at radius 1 is 1.22 bits per heavy atom. The van der Waals surface area contributed by atoms with Crippen molar-refractivity contribution in [1.29, 1.82) is 0 Å². The van der Waals surface area contributed by atoms with Crippen LogP contribution >= 0.6 is 11.8 Å². The summed E-state index contributed by atoms with van der Waals surface area (Å²) in [6.45, 7) is -0.605. The molecule has 0 saturated carbocycles. The second-order valence-corrected chi connectivity index (χ2v) is 5.43. The molecule has 5 nitrogen and oxygen atoms in total. The lowest BCUT2D eigenvalue weighted by Crippen LogP contribution is -2.21. The molecule has 8 heteroatoms. The zero-order chi connectivity index (χ0) is 16.2. The number of fused-ring (bicyclic) bond motifs is 1. The highest BCUT2D eigenvalue weighted by atomic mass is 32.2. The van der Waals surface area contributed by atoms with Crippen molar-refractivity contribution >= 4 is 22.8 Å². The molecule has 0 unspecified atom stereocenters. The van der Waals surface area contributed by atoms with Crippen LogP contribution in [-0.4, -0.2) is 33.8 Å². The van der Waals surface area contributed by atoms with Gasteiger partial charge in [0.05, 0.1) is 11.1 Å². The molecular weight excluding hydrogens is 324 g/mol. The van der Waals surface area contributed by atoms with Crippen LogP contribution in [-0.2, 0) is 0 Å². The van der Waals surface area contributed by atoms with Crippen LogP contribution in [0.2, 0.25) is 0 Å². The van der Waals surface area contributed by atoms with Crippen LogP contribution in [0.4, 0.5) is 8.78 Å². The van der Waals surface area contributed by atoms with E-state index in [1.165, 1.54) is 4.57 Å². The number of ether oxygens (including phenoxy) is 1. The Balaban J connectivity index is 2.08. The van der Waals surface area contributed by atoms with E-state index in [1.54, 1.807) is 36.5 Å². The summed E-state index contributed by atoms with van der Waals surface area (Å²) in [7, 11) is 0. The minimum atomic E-state index is -0.698. The number of hydrogen-bond acceptors (Lipinski definition) is 4. The Labute approximate surface area is 134 Å². The maximum absolute atomic E-state index is 12.8. The van der Waals surface area contributed by atoms with Gasteiger partial charge in [-0.25, -0.2) is 13.8 Å². The number of aromatic amines is 1. The molecule has 0 fully saturated rings. The van der Waals surface area contributed by atoms with Crippen molar-refractivity contribution in [2.24, 2.45) is 0 Å². The van der Waals surface area contributed by atoms with Crippen LogP contribution in [0.15, 0.2) is 46.5 Å². The van der Waals surface area contributed by atoms with Gasteiger partial charge < -0.3 is 9.72 Å². The maximum Gasteiger partial charge on any atom is 0.268 e. The third-order valence-electron chi connectivity index (χ3n) is 3.18. The molecule has 0 amide bonds. The number of aromatic nitrogens is 3. The summed E-state index contributed by atoms with van der Waals surface area (Å²) in [6.07, 6.45) is 1.61. The monoisotopic (exact) mass is 337 g/mol. The van der Waals surface area contributed by atoms with Gasteiger partial charge in [0.25, 0.3) is 5.56 Å². The number of hydrogen-bond donors (Lipinski definition) is 1. The first-order valence-electron chi connectivity index (χ1n) is 6.82. The first-order chi connectivity index (χ1) is 11.2. The Bertz CT molecular complexity index is 861. The van der Waals surface area contributed by atoms with Gasteiger partial charge in [-0.3, -0.25) is 9.36 Å². The second-order valence-electron chi connectivity index (χ2n) is 4.56. The molecule has 1 N–H and O–H groups in total. The van der Waals surface area contributed by atoms with Gasteiger partial charge >= 0.3 is 0 Å². The number of H-pyrrole nitrogens is 1. The van der Waals surface area contributed by atoms with Gasteiger partial charge in [0.15, 0.2) is 5.16 Å². The van der Waals surface area contributed by atoms with E-state index in [4.69, 9.17) is 4.74 Å². The summed E-state index contributed by atoms with van der Waals surface area (Å²) in [5, 5.41) is 0.677. The van der Waals surface area contributed by atoms with Crippen LogP contribution in [0.1, 0.15) is 0 Å². The molecule has 0 bridgehead atoms. The Morgan fingerprint density at radius 3 is 2.70 bits per heavy atom. The normalized spacial score (nSPS) is 11.0. The summed E-state index contributed by atoms with van der Waals surface area (Å²) in [5.74, 6) is 0.495. The average molecular weight is 337 g/mol. The molecule has 120 valence electrons. The molecule has 0 aliphatic heterocycles. The van der Waals surface area contributed by atoms with Gasteiger partial charge in [0.1, 0.15) is 30.7 Å². The molecule has 0 atom stereocenters. The fraction of sp³-hybridized carbons (Fsp3) is 0.200. The smallest absolute Gasteiger partial charge is 0.268 e. The summed E-state index contributed by atoms with van der Waals surface area (Å²) < 4.78 is 31.4. The summed E-state index contributed by atoms with van der Waals surface area (Å²) in [4.78, 5) is 19.8. The van der Waals surface area contributed by atoms with Crippen molar-refractivity contribution in [3.05, 3.63) is 46.9 Å². The molecule has 3 rings (SSSR count). The van der Waals surface area contributed by atoms with Crippen LogP contribution in [0.25, 0.3) is 16.7 Å². The number of nitrogens with one attached hydrogen (secondary N) is 1. The zero-order valence-corrected chi connectivity index (χ0v) is 12.8. The predicted octanol–water partition coefficient (Wildman–Crippen LogP) is 3.08. The largest absolute Gasteiger partial charge is 0.491 e. The summed E-state index contributed by atoms with van der Waals surface area (Å²) >= 11 is 0.832. The van der Waals surface area contributed by atoms with Crippen LogP contribution in [0.3, 0.4) is 0 Å². The molecule has 0 radical (unpaired) electrons. The molecule has 3 aromatic rings. The predicted molar refractivity (Wildman–Crippen MR) is 85.0 cm³/mol. The summed E-state index contributed by atoms with van der Waals surface area (Å²) in [6, 6.07) is 7.49. The molecule has 0 spiro atoms. The molecule has 23 heavy (non-hydrogen) atoms. The molecule has 1 aromatic carbocycles. The van der Waals surface area contributed by atoms with Crippen LogP contribution in [0, 0.1) is 0 Å². The van der Waals surface area contributed by atoms with Crippen molar-refractivity contribution < 1.29 is 13.5 Å². The van der Waals surface area contributed by atoms with E-state index in [0.29, 0.717) is 22.5 Å². The minimum absolute atomic E-state index is 0.0287. The van der Waals surface area contributed by atoms with Gasteiger partial charge in [0, 0.05) is 6.20 Å². The highest BCUT2D eigenvalue weighted by Crippen LogP contribution is 2.22. The van der Waals surface area contributed by atoms with Crippen molar-refractivity contribution in [1.82, 2.24) is 14.5 Å². The molecule has 2 aromatic heterocycles. The number of thioether (sulfide) groups is 1. The molecular formula is C15H13F2N3O2S. The number of benzene rings is 1. The molecule has 2 heterocycles. The lowest BCUT2D eigenvalue weighted by molar-refractivity contribution is 0.273. The van der Waals surface area contributed by atoms with E-state index in [2.05, 4.69) is 9.97 Å². The van der Waals surface area contributed by atoms with Crippen molar-refractivity contribution in [3.8, 4) is 11.4 Å². The number of alkyl halides is 2. The third-order valence-corrected chi connectivity index (χ3v) is 3.82. The quantitative estimate of drug-likeness (QED) is 0.555. The zero-order valence-electron chi connectivity index (χ0n) is 12.0. The number of nitrogens with zero attached hydrogens (tertiary/aromatic N) is 2. The molecule has 0 aliphatic rings. The number of rotatable bonds is 6. The third kappa shape index (κ3) is 3.07. The number of halogens is 2. The van der Waals surface area contributed by atoms with E-state index in [-0.39, 0.29) is 17.3 Å². The molecule has 0 saturated heterocycles. The van der Waals surface area contributed by atoms with Gasteiger partial charge in [-0.15, -0.1) is 0 Å². The van der Waals surface area contributed by atoms with Crippen molar-refractivity contribution in [2.75, 3.05) is 19.3 Å². The minimum Gasteiger partial charge on any atom is -0.491 e. The Hall–Kier alpha value is -2.35. The van der Waals surface area contributed by atoms with Crippen LogP contribution < -0.4 is 10.3 Å². The Morgan fingerprint density at radius 2 is 2.00 bits per heavy atom. The van der Waals surface area contributed by atoms with Gasteiger partial charge in [-0.1, -0.05) is 11.8 Å². The highest BCUT2D eigenvalue weighted by Gasteiger charge is 2.14. The van der Waals surface area contributed by atoms with Crippen molar-refractivity contribution in [2.45, 2.75) is 5.16 Å². The fourth-order valence-corrected chi connectivity index (χ4v) is 2.77. The van der Waals surface area contributed by atoms with Gasteiger partial charge in [0.2, 0.25) is 0 Å². The standard InChI is InChI=1S/C15H13F2N3O2S/c16-6-8-22-11-3-1-10(2-4-11)20-14(21)12-5-7-18-13(12)19-15(20)23-9-17/h1-5,7,18H,6,8-9H2. The van der Waals surface area contributed by atoms with E-state index >= 15 is 0 Å². The van der Waals surface area contributed by atoms with E-state index < -0.39 is 12.7 Å². The lowest BCUT2D eigenvalue weighted by Gasteiger charge is -2.11. The summed E-state index contributed by atoms with van der Waals surface area (Å²) in [5.41, 5.74) is 0.670. The van der Waals surface area contributed by atoms with Gasteiger partial charge in [-0.05, 0) is 30.3 Å². The van der Waals surface area contributed by atoms with E-state index in [1.807, 2.05) is 0 Å². The van der Waals surface area contributed by atoms with Gasteiger partial charge in [-0.2, -0.15) is 0 Å². The maximum atomic E-state index is 12.8. The second kappa shape index (κ2) is 6.82. The lowest BCUT2D eigenvalue weighted by atomic mass is 10.3. The van der Waals surface area contributed by atoms with E-state index in [0.717, 1.165) is 11.8 Å². The Kier molecular flexibility index (Phi) is 4.61. The topological polar surface area (TPSA) is 59.9 Å². The SMILES string of the molecule is O=c1c2cc[nH]c2nc(SCF)n1-c1ccc(OCCF)cc1.